The first-order chi connectivity index (χ1) is 13.9. The van der Waals surface area contributed by atoms with Gasteiger partial charge in [-0.2, -0.15) is 0 Å². The lowest BCUT2D eigenvalue weighted by atomic mass is 10.1. The Hall–Kier alpha value is -3.45. The summed E-state index contributed by atoms with van der Waals surface area (Å²) in [6, 6.07) is 14.9. The number of carboxylic acids is 1. The summed E-state index contributed by atoms with van der Waals surface area (Å²) in [6.07, 6.45) is -0.159. The molecular formula is C22H18N3O3S-. The summed E-state index contributed by atoms with van der Waals surface area (Å²) >= 11 is 1.39. The van der Waals surface area contributed by atoms with Crippen LogP contribution in [0.1, 0.15) is 16.1 Å². The second-order valence-electron chi connectivity index (χ2n) is 6.88. The van der Waals surface area contributed by atoms with Gasteiger partial charge in [-0.3, -0.25) is 5.41 Å². The van der Waals surface area contributed by atoms with Crippen LogP contribution in [0.5, 0.6) is 0 Å². The molecule has 1 aliphatic heterocycles. The Morgan fingerprint density at radius 3 is 2.55 bits per heavy atom. The number of rotatable bonds is 5. The van der Waals surface area contributed by atoms with Gasteiger partial charge < -0.3 is 19.9 Å². The molecule has 0 spiro atoms. The molecule has 7 heteroatoms. The summed E-state index contributed by atoms with van der Waals surface area (Å²) in [5.41, 5.74) is 4.72. The number of aryl methyl sites for hydroxylation is 1. The number of carboxylic acid groups (broad SMARTS) is 1. The Balaban J connectivity index is 1.57. The molecule has 0 radical (unpaired) electrons. The first kappa shape index (κ1) is 18.9. The Kier molecular flexibility index (Phi) is 4.90. The van der Waals surface area contributed by atoms with Gasteiger partial charge in [-0.05, 0) is 24.6 Å². The van der Waals surface area contributed by atoms with Crippen LogP contribution < -0.4 is 10.0 Å². The number of carbonyl (C=O) groups excluding carboxylic acids is 1. The number of nitrogens with one attached hydrogen (secondary N) is 1. The number of aromatic nitrogens is 1. The van der Waals surface area contributed by atoms with E-state index in [0.717, 1.165) is 11.3 Å². The minimum Gasteiger partial charge on any atom is -0.550 e. The molecule has 146 valence electrons. The highest BCUT2D eigenvalue weighted by Crippen LogP contribution is 2.34. The number of carbonyl (C=O) groups is 1. The lowest BCUT2D eigenvalue weighted by Crippen LogP contribution is -2.26. The largest absolute Gasteiger partial charge is 0.550 e. The molecule has 0 saturated carbocycles. The molecule has 0 bridgehead atoms. The number of aliphatic hydroxyl groups is 1. The Bertz CT molecular complexity index is 1110. The standard InChI is InChI=1S/C22H19N3O3S/c1-13-2-6-15(7-3-13)17-12-29-22(24-17)20-18(26)11-25(21(20)23)16-8-4-14(5-9-16)10-19(27)28/h2-9,12,23,26H,10-11H2,1H3,(H,27,28)/p-1. The van der Waals surface area contributed by atoms with Gasteiger partial charge >= 0.3 is 0 Å². The first-order valence-electron chi connectivity index (χ1n) is 9.02. The minimum absolute atomic E-state index is 0.0959. The van der Waals surface area contributed by atoms with E-state index in [-0.39, 0.29) is 24.6 Å². The summed E-state index contributed by atoms with van der Waals surface area (Å²) in [4.78, 5) is 17.0. The van der Waals surface area contributed by atoms with Crippen LogP contribution in [0.25, 0.3) is 16.8 Å². The van der Waals surface area contributed by atoms with Crippen molar-refractivity contribution in [3.63, 3.8) is 0 Å². The number of anilines is 1. The monoisotopic (exact) mass is 404 g/mol. The number of benzene rings is 2. The molecule has 3 aromatic rings. The number of hydrogen-bond acceptors (Lipinski definition) is 6. The van der Waals surface area contributed by atoms with Gasteiger partial charge in [0, 0.05) is 29.0 Å². The summed E-state index contributed by atoms with van der Waals surface area (Å²) in [6.45, 7) is 2.20. The SMILES string of the molecule is Cc1ccc(-c2csc(C3=C(O)CN(c4ccc(CC(=O)[O-])cc4)C3=N)n2)cc1. The van der Waals surface area contributed by atoms with Crippen molar-refractivity contribution in [1.82, 2.24) is 4.98 Å². The normalized spacial score (nSPS) is 14.0. The quantitative estimate of drug-likeness (QED) is 0.680. The van der Waals surface area contributed by atoms with Crippen LogP contribution in [0.2, 0.25) is 0 Å². The van der Waals surface area contributed by atoms with Gasteiger partial charge in [0.2, 0.25) is 0 Å². The lowest BCUT2D eigenvalue weighted by Gasteiger charge is -2.19. The van der Waals surface area contributed by atoms with E-state index in [1.54, 1.807) is 29.2 Å². The number of thiazole rings is 1. The number of hydrogen-bond donors (Lipinski definition) is 2. The summed E-state index contributed by atoms with van der Waals surface area (Å²) in [5, 5.41) is 32.3. The predicted octanol–water partition coefficient (Wildman–Crippen LogP) is 3.18. The van der Waals surface area contributed by atoms with Crippen LogP contribution in [0.15, 0.2) is 59.7 Å². The van der Waals surface area contributed by atoms with E-state index in [2.05, 4.69) is 4.98 Å². The van der Waals surface area contributed by atoms with E-state index in [1.807, 2.05) is 36.6 Å². The topological polar surface area (TPSA) is 100 Å². The molecule has 0 saturated heterocycles. The van der Waals surface area contributed by atoms with Crippen molar-refractivity contribution in [1.29, 1.82) is 5.41 Å². The van der Waals surface area contributed by atoms with E-state index in [0.29, 0.717) is 21.8 Å². The van der Waals surface area contributed by atoms with Crippen LogP contribution in [0, 0.1) is 12.3 Å². The van der Waals surface area contributed by atoms with E-state index in [9.17, 15) is 15.0 Å². The minimum atomic E-state index is -1.14. The average Bonchev–Trinajstić information content (AvgIpc) is 3.27. The number of aliphatic hydroxyl groups excluding tert-OH is 1. The van der Waals surface area contributed by atoms with E-state index in [1.165, 1.54) is 16.9 Å². The molecule has 0 atom stereocenters. The molecule has 0 fully saturated rings. The van der Waals surface area contributed by atoms with Gasteiger partial charge in [0.25, 0.3) is 0 Å². The van der Waals surface area contributed by atoms with Gasteiger partial charge in [0.05, 0.1) is 17.8 Å². The zero-order valence-corrected chi connectivity index (χ0v) is 16.5. The Morgan fingerprint density at radius 2 is 1.90 bits per heavy atom. The first-order valence-corrected chi connectivity index (χ1v) is 9.90. The third-order valence-electron chi connectivity index (χ3n) is 4.77. The summed E-state index contributed by atoms with van der Waals surface area (Å²) in [5.74, 6) is -0.875. The molecule has 6 nitrogen and oxygen atoms in total. The molecular weight excluding hydrogens is 386 g/mol. The Morgan fingerprint density at radius 1 is 1.21 bits per heavy atom. The van der Waals surface area contributed by atoms with E-state index in [4.69, 9.17) is 5.41 Å². The van der Waals surface area contributed by atoms with Gasteiger partial charge in [0.15, 0.2) is 0 Å². The molecule has 2 N–H and O–H groups in total. The Labute approximate surface area is 171 Å². The number of aliphatic carboxylic acids is 1. The van der Waals surface area contributed by atoms with E-state index >= 15 is 0 Å². The van der Waals surface area contributed by atoms with Gasteiger partial charge in [-0.1, -0.05) is 42.0 Å². The fourth-order valence-corrected chi connectivity index (χ4v) is 4.13. The zero-order chi connectivity index (χ0) is 20.5. The molecule has 4 rings (SSSR count). The maximum Gasteiger partial charge on any atom is 0.139 e. The van der Waals surface area contributed by atoms with Crippen molar-refractivity contribution >= 4 is 34.4 Å². The average molecular weight is 404 g/mol. The molecule has 1 aromatic heterocycles. The van der Waals surface area contributed by atoms with E-state index < -0.39 is 5.97 Å². The van der Waals surface area contributed by atoms with Crippen LogP contribution >= 0.6 is 11.3 Å². The highest BCUT2D eigenvalue weighted by molar-refractivity contribution is 7.11. The third kappa shape index (κ3) is 3.77. The van der Waals surface area contributed by atoms with Crippen molar-refractivity contribution in [2.24, 2.45) is 0 Å². The summed E-state index contributed by atoms with van der Waals surface area (Å²) < 4.78 is 0. The van der Waals surface area contributed by atoms with Crippen molar-refractivity contribution in [2.45, 2.75) is 13.3 Å². The second kappa shape index (κ2) is 7.52. The van der Waals surface area contributed by atoms with Crippen LogP contribution in [0.4, 0.5) is 5.69 Å². The molecule has 0 aliphatic carbocycles. The molecule has 0 unspecified atom stereocenters. The highest BCUT2D eigenvalue weighted by Gasteiger charge is 2.31. The molecule has 1 aliphatic rings. The maximum atomic E-state index is 10.7. The van der Waals surface area contributed by atoms with Gasteiger partial charge in [-0.15, -0.1) is 11.3 Å². The summed E-state index contributed by atoms with van der Waals surface area (Å²) in [7, 11) is 0. The van der Waals surface area contributed by atoms with Crippen molar-refractivity contribution in [3.8, 4) is 11.3 Å². The van der Waals surface area contributed by atoms with Crippen LogP contribution in [-0.2, 0) is 11.2 Å². The lowest BCUT2D eigenvalue weighted by molar-refractivity contribution is -0.304. The van der Waals surface area contributed by atoms with Crippen molar-refractivity contribution in [2.75, 3.05) is 11.4 Å². The van der Waals surface area contributed by atoms with Crippen LogP contribution in [0.3, 0.4) is 0 Å². The third-order valence-corrected chi connectivity index (χ3v) is 5.62. The highest BCUT2D eigenvalue weighted by atomic mass is 32.1. The zero-order valence-electron chi connectivity index (χ0n) is 15.7. The van der Waals surface area contributed by atoms with Crippen molar-refractivity contribution in [3.05, 3.63) is 75.8 Å². The second-order valence-corrected chi connectivity index (χ2v) is 7.73. The fourth-order valence-electron chi connectivity index (χ4n) is 3.23. The van der Waals surface area contributed by atoms with Gasteiger partial charge in [0.1, 0.15) is 16.6 Å². The molecule has 2 aromatic carbocycles. The van der Waals surface area contributed by atoms with Gasteiger partial charge in [-0.25, -0.2) is 4.98 Å². The smallest absolute Gasteiger partial charge is 0.139 e. The fraction of sp³-hybridized carbons (Fsp3) is 0.136. The molecule has 0 amide bonds. The number of amidine groups is 1. The maximum absolute atomic E-state index is 10.7. The number of nitrogens with zero attached hydrogens (tertiary/aromatic N) is 2. The predicted molar refractivity (Wildman–Crippen MR) is 112 cm³/mol. The van der Waals surface area contributed by atoms with Crippen LogP contribution in [-0.4, -0.2) is 28.4 Å². The molecule has 2 heterocycles. The van der Waals surface area contributed by atoms with Crippen molar-refractivity contribution < 1.29 is 15.0 Å². The molecule has 29 heavy (non-hydrogen) atoms.